The van der Waals surface area contributed by atoms with Crippen LogP contribution in [-0.4, -0.2) is 12.1 Å². The van der Waals surface area contributed by atoms with E-state index in [0.717, 1.165) is 0 Å². The Morgan fingerprint density at radius 1 is 0.297 bits per heavy atom. The third kappa shape index (κ3) is 1.50. The van der Waals surface area contributed by atoms with Gasteiger partial charge in [0.1, 0.15) is 5.41 Å². The molecule has 0 aromatic heterocycles. The number of hydrogen-bond donors (Lipinski definition) is 0. The molecular formula is C72H14O2. The highest BCUT2D eigenvalue weighted by atomic mass is 16.5. The van der Waals surface area contributed by atoms with Gasteiger partial charge in [-0.3, -0.25) is 4.79 Å². The SMILES string of the molecule is CC(C)OC(=O)C1(Cc2ccccc2)C23c4c5c6c7c8c9c(c%10c%11c2c2c4c4c%12c5c5c6c6c8c8c%13c9c9c%10c%10c%11c%11c2c2c4c4c%12c%12c5c5c6c8c6c8c%13c9c9c%10c%10c%11c2c2c4c4c%12c5c6c5c8c9c%10c2c45)C713. The molecule has 2 spiro atoms. The monoisotopic (exact) mass is 910 g/mol. The van der Waals surface area contributed by atoms with Crippen molar-refractivity contribution in [3.05, 3.63) is 58.1 Å². The van der Waals surface area contributed by atoms with Crippen molar-refractivity contribution in [3.8, 4) is 0 Å². The van der Waals surface area contributed by atoms with Gasteiger partial charge in [-0.25, -0.2) is 0 Å². The van der Waals surface area contributed by atoms with Crippen LogP contribution in [0, 0.1) is 5.41 Å². The molecule has 29 aromatic rings. The molecule has 34 rings (SSSR count). The van der Waals surface area contributed by atoms with Gasteiger partial charge in [0, 0.05) is 0 Å². The van der Waals surface area contributed by atoms with Gasteiger partial charge in [-0.15, -0.1) is 0 Å². The first kappa shape index (κ1) is 28.4. The van der Waals surface area contributed by atoms with Crippen molar-refractivity contribution in [2.24, 2.45) is 5.41 Å². The highest BCUT2D eigenvalue weighted by molar-refractivity contribution is 6.82. The Morgan fingerprint density at radius 2 is 0.473 bits per heavy atom. The summed E-state index contributed by atoms with van der Waals surface area (Å²) in [4.78, 5) is 17.2. The molecule has 314 valence electrons. The molecule has 1 saturated carbocycles. The summed E-state index contributed by atoms with van der Waals surface area (Å²) in [5, 5.41) is 85.5. The molecule has 0 unspecified atom stereocenters. The number of hydrogen-bond acceptors (Lipinski definition) is 2. The predicted octanol–water partition coefficient (Wildman–Crippen LogP) is 18.5. The van der Waals surface area contributed by atoms with Gasteiger partial charge in [-0.2, -0.15) is 0 Å². The normalized spacial score (nSPS) is 23.7. The van der Waals surface area contributed by atoms with Crippen LogP contribution < -0.4 is 0 Å². The first-order valence-electron chi connectivity index (χ1n) is 27.7. The summed E-state index contributed by atoms with van der Waals surface area (Å²) in [5.41, 5.74) is 5.22. The zero-order chi connectivity index (χ0) is 44.7. The Hall–Kier alpha value is -8.85. The molecule has 29 aromatic carbocycles. The second-order valence-electron chi connectivity index (χ2n) is 27.3. The van der Waals surface area contributed by atoms with Gasteiger partial charge in [0.15, 0.2) is 0 Å². The van der Waals surface area contributed by atoms with E-state index in [1.165, 1.54) is 5.56 Å². The highest BCUT2D eigenvalue weighted by Gasteiger charge is 2.97. The van der Waals surface area contributed by atoms with E-state index >= 15 is 4.79 Å². The number of carbonyl (C=O) groups is 1. The van der Waals surface area contributed by atoms with Crippen molar-refractivity contribution in [2.75, 3.05) is 0 Å². The van der Waals surface area contributed by atoms with Crippen LogP contribution in [0.25, 0.3) is 291 Å². The molecule has 5 aliphatic rings. The summed E-state index contributed by atoms with van der Waals surface area (Å²) < 4.78 is 7.15. The van der Waals surface area contributed by atoms with Crippen LogP contribution in [0.2, 0.25) is 0 Å². The van der Waals surface area contributed by atoms with Gasteiger partial charge in [-0.1, -0.05) is 30.3 Å². The van der Waals surface area contributed by atoms with Crippen LogP contribution in [-0.2, 0) is 26.8 Å². The van der Waals surface area contributed by atoms with Crippen molar-refractivity contribution < 1.29 is 9.53 Å². The predicted molar refractivity (Wildman–Crippen MR) is 308 cm³/mol. The van der Waals surface area contributed by atoms with Crippen LogP contribution in [0.1, 0.15) is 41.7 Å². The fourth-order valence-electron chi connectivity index (χ4n) is 26.6. The van der Waals surface area contributed by atoms with E-state index in [9.17, 15) is 0 Å². The average Bonchev–Trinajstić information content (AvgIpc) is 2.56. The lowest BCUT2D eigenvalue weighted by atomic mass is 9.68. The molecule has 2 heteroatoms. The smallest absolute Gasteiger partial charge is 0.315 e. The summed E-state index contributed by atoms with van der Waals surface area (Å²) >= 11 is 0. The Balaban J connectivity index is 1.13. The van der Waals surface area contributed by atoms with E-state index in [1.807, 2.05) is 0 Å². The maximum Gasteiger partial charge on any atom is 0.315 e. The van der Waals surface area contributed by atoms with Gasteiger partial charge < -0.3 is 4.74 Å². The Labute approximate surface area is 404 Å². The quantitative estimate of drug-likeness (QED) is 0.130. The van der Waals surface area contributed by atoms with Gasteiger partial charge in [0.2, 0.25) is 0 Å². The fraction of sp³-hybridized carbons (Fsp3) is 0.0972. The largest absolute Gasteiger partial charge is 0.462 e. The molecule has 0 aliphatic heterocycles. The van der Waals surface area contributed by atoms with Gasteiger partial charge >= 0.3 is 5.97 Å². The zero-order valence-electron chi connectivity index (χ0n) is 38.5. The Morgan fingerprint density at radius 3 is 0.649 bits per heavy atom. The number of rotatable bonds is 4. The van der Waals surface area contributed by atoms with E-state index in [2.05, 4.69) is 44.2 Å². The van der Waals surface area contributed by atoms with Crippen LogP contribution in [0.3, 0.4) is 0 Å². The number of ether oxygens (including phenoxy) is 1. The van der Waals surface area contributed by atoms with E-state index in [-0.39, 0.29) is 12.1 Å². The van der Waals surface area contributed by atoms with Gasteiger partial charge in [0.25, 0.3) is 0 Å². The van der Waals surface area contributed by atoms with E-state index in [0.29, 0.717) is 6.42 Å². The third-order valence-corrected chi connectivity index (χ3v) is 26.5. The Kier molecular flexibility index (Phi) is 2.48. The lowest BCUT2D eigenvalue weighted by Gasteiger charge is -2.32. The molecule has 2 nitrogen and oxygen atoms in total. The molecule has 74 heavy (non-hydrogen) atoms. The first-order valence-corrected chi connectivity index (χ1v) is 27.7. The number of esters is 1. The van der Waals surface area contributed by atoms with E-state index in [4.69, 9.17) is 4.74 Å². The lowest BCUT2D eigenvalue weighted by Crippen LogP contribution is -2.33. The molecule has 0 amide bonds. The number of carbonyl (C=O) groups excluding carboxylic acids is 1. The van der Waals surface area contributed by atoms with Crippen molar-refractivity contribution in [3.63, 3.8) is 0 Å². The third-order valence-electron chi connectivity index (χ3n) is 26.5. The standard InChI is InChI=1S/C72H14O2/c1-9(2)74-69(73)70(8-10-6-4-3-5-7-10)71-65-57-49-39-29-21-13-11-12-15-19-17(13)25-33-27(19)37-31-23(15)24-16(12)20-18-14(11)22(21)30-36-26(18)34-28(20)38-32(24)42-41(31)51-45(37)55-47(33)53(43(49)35(25)29)61(65)63(55)67-59(51)60-52(42)46(38)56-48(34)54-44(36)50(40(30)39)58(57)66(71)62(54)64(56)68(60)72(67,70)71/h3-7,9H,8H2,1-2H3. The van der Waals surface area contributed by atoms with Crippen molar-refractivity contribution >= 4 is 297 Å². The van der Waals surface area contributed by atoms with Crippen molar-refractivity contribution in [2.45, 2.75) is 37.2 Å². The van der Waals surface area contributed by atoms with E-state index < -0.39 is 16.2 Å². The minimum atomic E-state index is -0.921. The first-order chi connectivity index (χ1) is 36.7. The molecule has 0 bridgehead atoms. The van der Waals surface area contributed by atoms with Crippen LogP contribution >= 0.6 is 0 Å². The summed E-state index contributed by atoms with van der Waals surface area (Å²) in [6.45, 7) is 4.23. The lowest BCUT2D eigenvalue weighted by molar-refractivity contribution is -0.155. The summed E-state index contributed by atoms with van der Waals surface area (Å²) in [5.74, 6) is 0.0337. The minimum Gasteiger partial charge on any atom is -0.462 e. The second kappa shape index (κ2) is 6.45. The molecule has 0 heterocycles. The highest BCUT2D eigenvalue weighted by Crippen LogP contribution is 2.97. The van der Waals surface area contributed by atoms with Gasteiger partial charge in [-0.05, 0) is 339 Å². The fourth-order valence-corrected chi connectivity index (χ4v) is 26.6. The average molecular weight is 911 g/mol. The topological polar surface area (TPSA) is 26.3 Å². The minimum absolute atomic E-state index is 0.0337. The van der Waals surface area contributed by atoms with Gasteiger partial charge in [0.05, 0.1) is 16.9 Å². The zero-order valence-corrected chi connectivity index (χ0v) is 38.5. The molecular weight excluding hydrogens is 897 g/mol. The maximum absolute atomic E-state index is 17.2. The van der Waals surface area contributed by atoms with Crippen molar-refractivity contribution in [1.82, 2.24) is 0 Å². The molecule has 5 aliphatic carbocycles. The molecule has 0 radical (unpaired) electrons. The maximum atomic E-state index is 17.2. The Bertz CT molecular complexity index is 6980. The van der Waals surface area contributed by atoms with Crippen molar-refractivity contribution in [1.29, 1.82) is 0 Å². The summed E-state index contributed by atoms with van der Waals surface area (Å²) in [7, 11) is 0. The summed E-state index contributed by atoms with van der Waals surface area (Å²) in [6.07, 6.45) is 0.404. The second-order valence-corrected chi connectivity index (χ2v) is 27.3. The van der Waals surface area contributed by atoms with Crippen LogP contribution in [0.5, 0.6) is 0 Å². The van der Waals surface area contributed by atoms with Crippen LogP contribution in [0.4, 0.5) is 0 Å². The molecule has 1 fully saturated rings. The molecule has 0 atom stereocenters. The molecule has 0 saturated heterocycles. The summed E-state index contributed by atoms with van der Waals surface area (Å²) in [6, 6.07) is 11.3. The van der Waals surface area contributed by atoms with E-state index in [1.54, 1.807) is 313 Å². The van der Waals surface area contributed by atoms with Crippen LogP contribution in [0.15, 0.2) is 30.3 Å². The molecule has 0 N–H and O–H groups in total. The number of benzene rings is 19.